The number of amides is 2. The van der Waals surface area contributed by atoms with E-state index in [-0.39, 0.29) is 47.4 Å². The third kappa shape index (κ3) is 8.26. The molecule has 1 aliphatic heterocycles. The first-order valence-electron chi connectivity index (χ1n) is 18.6. The second kappa shape index (κ2) is 16.3. The van der Waals surface area contributed by atoms with E-state index in [2.05, 4.69) is 24.4 Å². The molecular weight excluding hydrogens is 710 g/mol. The summed E-state index contributed by atoms with van der Waals surface area (Å²) in [7, 11) is 1.13. The minimum absolute atomic E-state index is 0.0918. The SMILES string of the molecule is COC(=O)[C@@H]1O[C@@H](O[C@@H]2CC[C@]3(C)[C@H](CC[C@H]4[C@H]3C(=O)C[C@@]3(C)[C@@H](/C(COC(C)=O)=N\NC(N)=O)CC[C@@H]43)C2)[C@H](OC(C)=O)[C@@H](OC(C)=O)[C@@H]1OC(C)=O. The van der Waals surface area contributed by atoms with E-state index in [9.17, 15) is 33.6 Å². The highest BCUT2D eigenvalue weighted by Crippen LogP contribution is 2.66. The van der Waals surface area contributed by atoms with Crippen molar-refractivity contribution in [2.45, 2.75) is 130 Å². The minimum Gasteiger partial charge on any atom is -0.467 e. The molecule has 4 saturated carbocycles. The summed E-state index contributed by atoms with van der Waals surface area (Å²) < 4.78 is 39.1. The van der Waals surface area contributed by atoms with Crippen LogP contribution < -0.4 is 11.2 Å². The molecule has 17 nitrogen and oxygen atoms in total. The zero-order valence-corrected chi connectivity index (χ0v) is 32.0. The number of fused-ring (bicyclic) bond motifs is 5. The van der Waals surface area contributed by atoms with Gasteiger partial charge in [-0.15, -0.1) is 0 Å². The largest absolute Gasteiger partial charge is 0.467 e. The molecule has 5 aliphatic rings. The first-order chi connectivity index (χ1) is 25.4. The maximum Gasteiger partial charge on any atom is 0.339 e. The van der Waals surface area contributed by atoms with E-state index in [1.54, 1.807) is 0 Å². The molecule has 0 bridgehead atoms. The summed E-state index contributed by atoms with van der Waals surface area (Å²) >= 11 is 0. The number of carbonyl (C=O) groups is 7. The van der Waals surface area contributed by atoms with Crippen LogP contribution >= 0.6 is 0 Å². The molecule has 17 heteroatoms. The zero-order chi connectivity index (χ0) is 39.7. The summed E-state index contributed by atoms with van der Waals surface area (Å²) in [5.74, 6) is -3.49. The molecular formula is C37H53N3O14. The number of ketones is 1. The molecule has 0 aromatic rings. The Labute approximate surface area is 314 Å². The summed E-state index contributed by atoms with van der Waals surface area (Å²) in [5, 5.41) is 4.23. The van der Waals surface area contributed by atoms with Crippen molar-refractivity contribution in [1.29, 1.82) is 0 Å². The Bertz CT molecular complexity index is 1550. The number of hydrogen-bond donors (Lipinski definition) is 2. The van der Waals surface area contributed by atoms with Gasteiger partial charge in [0, 0.05) is 46.0 Å². The van der Waals surface area contributed by atoms with Crippen molar-refractivity contribution in [2.75, 3.05) is 13.7 Å². The average Bonchev–Trinajstić information content (AvgIpc) is 3.42. The molecule has 54 heavy (non-hydrogen) atoms. The number of hydrogen-bond acceptors (Lipinski definition) is 15. The van der Waals surface area contributed by atoms with Crippen molar-refractivity contribution in [3.8, 4) is 0 Å². The molecule has 0 unspecified atom stereocenters. The van der Waals surface area contributed by atoms with Crippen molar-refractivity contribution < 1.29 is 66.7 Å². The number of rotatable bonds is 10. The Kier molecular flexibility index (Phi) is 12.4. The number of ether oxygens (including phenoxy) is 7. The molecule has 0 spiro atoms. The molecule has 0 aromatic carbocycles. The van der Waals surface area contributed by atoms with Crippen LogP contribution in [0, 0.1) is 40.4 Å². The van der Waals surface area contributed by atoms with Gasteiger partial charge in [-0.2, -0.15) is 5.10 Å². The predicted molar refractivity (Wildman–Crippen MR) is 185 cm³/mol. The molecule has 5 rings (SSSR count). The van der Waals surface area contributed by atoms with Crippen molar-refractivity contribution in [3.05, 3.63) is 0 Å². The monoisotopic (exact) mass is 763 g/mol. The molecule has 300 valence electrons. The van der Waals surface area contributed by atoms with Gasteiger partial charge in [0.25, 0.3) is 0 Å². The lowest BCUT2D eigenvalue weighted by molar-refractivity contribution is -0.314. The van der Waals surface area contributed by atoms with E-state index in [0.29, 0.717) is 31.4 Å². The summed E-state index contributed by atoms with van der Waals surface area (Å²) in [6.07, 6.45) is -2.46. The maximum atomic E-state index is 14.4. The molecule has 0 aromatic heterocycles. The van der Waals surface area contributed by atoms with E-state index < -0.39 is 78.1 Å². The summed E-state index contributed by atoms with van der Waals surface area (Å²) in [6.45, 7) is 8.88. The second-order valence-electron chi connectivity index (χ2n) is 15.9. The van der Waals surface area contributed by atoms with E-state index in [1.165, 1.54) is 6.92 Å². The van der Waals surface area contributed by atoms with Crippen LogP contribution in [0.4, 0.5) is 4.79 Å². The van der Waals surface area contributed by atoms with E-state index in [0.717, 1.165) is 53.6 Å². The predicted octanol–water partition coefficient (Wildman–Crippen LogP) is 2.49. The van der Waals surface area contributed by atoms with Crippen LogP contribution in [0.15, 0.2) is 5.10 Å². The summed E-state index contributed by atoms with van der Waals surface area (Å²) in [5.41, 5.74) is 7.28. The molecule has 1 saturated heterocycles. The van der Waals surface area contributed by atoms with E-state index in [1.807, 2.05) is 0 Å². The number of primary amides is 1. The van der Waals surface area contributed by atoms with Crippen molar-refractivity contribution in [3.63, 3.8) is 0 Å². The minimum atomic E-state index is -1.56. The third-order valence-corrected chi connectivity index (χ3v) is 12.6. The molecule has 5 fully saturated rings. The smallest absolute Gasteiger partial charge is 0.339 e. The molecule has 4 aliphatic carbocycles. The van der Waals surface area contributed by atoms with E-state index in [4.69, 9.17) is 38.9 Å². The van der Waals surface area contributed by atoms with Gasteiger partial charge in [-0.1, -0.05) is 13.8 Å². The number of Topliss-reactive ketones (excluding diaryl/α,β-unsaturated/α-hetero) is 1. The van der Waals surface area contributed by atoms with Crippen LogP contribution in [0.3, 0.4) is 0 Å². The van der Waals surface area contributed by atoms with E-state index >= 15 is 0 Å². The number of nitrogens with zero attached hydrogens (tertiary/aromatic N) is 1. The number of urea groups is 1. The first kappa shape index (κ1) is 41.1. The van der Waals surface area contributed by atoms with Gasteiger partial charge in [-0.05, 0) is 73.5 Å². The number of carbonyl (C=O) groups excluding carboxylic acids is 7. The number of nitrogens with one attached hydrogen (secondary N) is 1. The van der Waals surface area contributed by atoms with Gasteiger partial charge in [-0.25, -0.2) is 15.0 Å². The maximum absolute atomic E-state index is 14.4. The lowest BCUT2D eigenvalue weighted by Crippen LogP contribution is -2.64. The lowest BCUT2D eigenvalue weighted by atomic mass is 9.44. The number of methoxy groups -OCH3 is 1. The van der Waals surface area contributed by atoms with Gasteiger partial charge in [0.1, 0.15) is 12.4 Å². The quantitative estimate of drug-likeness (QED) is 0.107. The van der Waals surface area contributed by atoms with Crippen LogP contribution in [-0.4, -0.2) is 97.9 Å². The fraction of sp³-hybridized carbons (Fsp3) is 0.784. The summed E-state index contributed by atoms with van der Waals surface area (Å²) in [4.78, 5) is 87.1. The Hall–Kier alpha value is -4.12. The van der Waals surface area contributed by atoms with Crippen molar-refractivity contribution in [1.82, 2.24) is 5.43 Å². The Morgan fingerprint density at radius 2 is 1.50 bits per heavy atom. The highest BCUT2D eigenvalue weighted by atomic mass is 16.7. The molecule has 3 N–H and O–H groups in total. The zero-order valence-electron chi connectivity index (χ0n) is 32.0. The van der Waals surface area contributed by atoms with Crippen molar-refractivity contribution >= 4 is 47.4 Å². The topological polar surface area (TPSA) is 235 Å². The standard InChI is InChI=1S/C37H53N3O14/c1-17(41)49-16-26(39-40-35(38)47)25-11-10-24-23-9-8-21-14-22(12-13-36(21,5)28(23)27(45)15-37(24,25)6)53-34-32(52-20(4)44)30(51-19(3)43)29(50-18(2)42)31(54-34)33(46)48-7/h21-25,28-32,34H,8-16H2,1-7H3,(H3,38,40,47)/b39-26-/t21-,22-,23-,24+,25-,28+,29+,30+,31-,32-,34-,36-,37-/m1/s1. The third-order valence-electron chi connectivity index (χ3n) is 12.6. The van der Waals surface area contributed by atoms with Gasteiger partial charge in [0.05, 0.1) is 18.9 Å². The van der Waals surface area contributed by atoms with Crippen LogP contribution in [0.2, 0.25) is 0 Å². The van der Waals surface area contributed by atoms with Crippen LogP contribution in [-0.2, 0) is 61.9 Å². The van der Waals surface area contributed by atoms with Gasteiger partial charge >= 0.3 is 35.9 Å². The van der Waals surface area contributed by atoms with Gasteiger partial charge in [0.2, 0.25) is 0 Å². The van der Waals surface area contributed by atoms with Crippen molar-refractivity contribution in [2.24, 2.45) is 51.3 Å². The highest BCUT2D eigenvalue weighted by Gasteiger charge is 2.64. The molecule has 0 radical (unpaired) electrons. The fourth-order valence-corrected chi connectivity index (χ4v) is 10.6. The second-order valence-corrected chi connectivity index (χ2v) is 15.9. The Morgan fingerprint density at radius 3 is 2.11 bits per heavy atom. The van der Waals surface area contributed by atoms with Crippen LogP contribution in [0.1, 0.15) is 92.9 Å². The molecule has 1 heterocycles. The molecule has 13 atom stereocenters. The Morgan fingerprint density at radius 1 is 0.852 bits per heavy atom. The lowest BCUT2D eigenvalue weighted by Gasteiger charge is -2.60. The normalized spacial score (nSPS) is 38.8. The number of esters is 5. The Balaban J connectivity index is 1.35. The van der Waals surface area contributed by atoms with Gasteiger partial charge in [0.15, 0.2) is 30.7 Å². The van der Waals surface area contributed by atoms with Gasteiger partial charge in [-0.3, -0.25) is 24.0 Å². The first-order valence-corrected chi connectivity index (χ1v) is 18.6. The fourth-order valence-electron chi connectivity index (χ4n) is 10.6. The number of nitrogens with two attached hydrogens (primary N) is 1. The number of hydrazone groups is 1. The van der Waals surface area contributed by atoms with Gasteiger partial charge < -0.3 is 38.9 Å². The van der Waals surface area contributed by atoms with Crippen LogP contribution in [0.5, 0.6) is 0 Å². The average molecular weight is 764 g/mol. The highest BCUT2D eigenvalue weighted by molar-refractivity contribution is 5.93. The summed E-state index contributed by atoms with van der Waals surface area (Å²) in [6, 6.07) is -0.837. The van der Waals surface area contributed by atoms with Crippen LogP contribution in [0.25, 0.3) is 0 Å². The molecule has 2 amide bonds.